The number of hydrogen-bond donors (Lipinski definition) is 2. The van der Waals surface area contributed by atoms with Crippen LogP contribution in [0, 0.1) is 0 Å². The van der Waals surface area contributed by atoms with Gasteiger partial charge in [-0.15, -0.1) is 0 Å². The van der Waals surface area contributed by atoms with E-state index in [1.807, 2.05) is 18.8 Å². The smallest absolute Gasteiger partial charge is 0.332 e. The number of aromatic nitrogens is 2. The molecule has 1 atom stereocenters. The zero-order valence-corrected chi connectivity index (χ0v) is 9.34. The van der Waals surface area contributed by atoms with Crippen molar-refractivity contribution in [2.24, 2.45) is 0 Å². The molecule has 0 aliphatic heterocycles. The first kappa shape index (κ1) is 12.7. The van der Waals surface area contributed by atoms with Gasteiger partial charge >= 0.3 is 5.69 Å². The Morgan fingerprint density at radius 3 is 2.56 bits per heavy atom. The van der Waals surface area contributed by atoms with E-state index in [2.05, 4.69) is 0 Å². The molecular weight excluding hydrogens is 212 g/mol. The largest absolute Gasteiger partial charge is 0.351 e. The molecule has 16 heavy (non-hydrogen) atoms. The normalized spacial score (nSPS) is 13.0. The van der Waals surface area contributed by atoms with Gasteiger partial charge in [-0.05, 0) is 12.8 Å². The van der Waals surface area contributed by atoms with Crippen LogP contribution in [0.5, 0.6) is 0 Å². The zero-order valence-electron chi connectivity index (χ0n) is 9.34. The first-order valence-electron chi connectivity index (χ1n) is 5.23. The van der Waals surface area contributed by atoms with Gasteiger partial charge in [0.2, 0.25) is 6.41 Å². The molecular formula is C10H16N2O4. The lowest BCUT2D eigenvalue weighted by Gasteiger charge is -2.19. The summed E-state index contributed by atoms with van der Waals surface area (Å²) in [6.07, 6.45) is 1.20. The average molecular weight is 228 g/mol. The third-order valence-corrected chi connectivity index (χ3v) is 2.31. The monoisotopic (exact) mass is 228 g/mol. The van der Waals surface area contributed by atoms with E-state index >= 15 is 0 Å². The van der Waals surface area contributed by atoms with Crippen LogP contribution in [0.25, 0.3) is 0 Å². The molecule has 2 N–H and O–H groups in total. The van der Waals surface area contributed by atoms with Crippen molar-refractivity contribution in [3.63, 3.8) is 0 Å². The Morgan fingerprint density at radius 1 is 1.44 bits per heavy atom. The van der Waals surface area contributed by atoms with E-state index in [0.29, 0.717) is 0 Å². The second-order valence-corrected chi connectivity index (χ2v) is 3.42. The fourth-order valence-electron chi connectivity index (χ4n) is 1.32. The lowest BCUT2D eigenvalue weighted by molar-refractivity contribution is -0.187. The number of aliphatic hydroxyl groups is 1. The van der Waals surface area contributed by atoms with Gasteiger partial charge in [-0.2, -0.15) is 0 Å². The van der Waals surface area contributed by atoms with E-state index in [4.69, 9.17) is 4.74 Å². The molecule has 6 nitrogen and oxygen atoms in total. The number of aromatic amines is 1. The van der Waals surface area contributed by atoms with Gasteiger partial charge in [0, 0.05) is 12.3 Å². The summed E-state index contributed by atoms with van der Waals surface area (Å²) >= 11 is 0. The van der Waals surface area contributed by atoms with Gasteiger partial charge in [0.05, 0.1) is 6.10 Å². The van der Waals surface area contributed by atoms with Crippen molar-refractivity contribution in [3.8, 4) is 0 Å². The molecule has 1 heterocycles. The van der Waals surface area contributed by atoms with Gasteiger partial charge in [-0.25, -0.2) is 4.79 Å². The highest BCUT2D eigenvalue weighted by Crippen LogP contribution is 2.10. The Balaban J connectivity index is 2.84. The molecule has 0 fully saturated rings. The summed E-state index contributed by atoms with van der Waals surface area (Å²) in [4.78, 5) is 24.2. The molecule has 90 valence electrons. The van der Waals surface area contributed by atoms with Crippen molar-refractivity contribution in [1.29, 1.82) is 0 Å². The molecule has 0 bridgehead atoms. The number of aliphatic hydroxyl groups excluding tert-OH is 1. The average Bonchev–Trinajstić information content (AvgIpc) is 2.25. The molecule has 0 unspecified atom stereocenters. The molecule has 1 rings (SSSR count). The highest BCUT2D eigenvalue weighted by atomic mass is 16.6. The lowest BCUT2D eigenvalue weighted by Crippen LogP contribution is -2.33. The minimum absolute atomic E-state index is 0.117. The van der Waals surface area contributed by atoms with Crippen molar-refractivity contribution >= 4 is 0 Å². The van der Waals surface area contributed by atoms with Gasteiger partial charge in [-0.3, -0.25) is 14.3 Å². The fourth-order valence-corrected chi connectivity index (χ4v) is 1.32. The van der Waals surface area contributed by atoms with E-state index in [9.17, 15) is 14.7 Å². The quantitative estimate of drug-likeness (QED) is 0.704. The molecule has 0 amide bonds. The third kappa shape index (κ3) is 3.04. The van der Waals surface area contributed by atoms with Crippen LogP contribution in [0.1, 0.15) is 33.1 Å². The van der Waals surface area contributed by atoms with Crippen LogP contribution in [-0.2, 0) is 4.74 Å². The van der Waals surface area contributed by atoms with Crippen molar-refractivity contribution in [2.45, 2.75) is 39.2 Å². The minimum Gasteiger partial charge on any atom is -0.351 e. The molecule has 0 saturated heterocycles. The van der Waals surface area contributed by atoms with Gasteiger partial charge in [0.1, 0.15) is 0 Å². The second-order valence-electron chi connectivity index (χ2n) is 3.42. The molecule has 6 heteroatoms. The maximum atomic E-state index is 11.3. The zero-order chi connectivity index (χ0) is 12.1. The Morgan fingerprint density at radius 2 is 2.06 bits per heavy atom. The van der Waals surface area contributed by atoms with Crippen LogP contribution in [0.15, 0.2) is 21.9 Å². The van der Waals surface area contributed by atoms with E-state index in [-0.39, 0.29) is 6.10 Å². The van der Waals surface area contributed by atoms with Gasteiger partial charge in [0.15, 0.2) is 0 Å². The fraction of sp³-hybridized carbons (Fsp3) is 0.600. The maximum absolute atomic E-state index is 11.3. The van der Waals surface area contributed by atoms with Gasteiger partial charge in [-0.1, -0.05) is 13.8 Å². The first-order valence-corrected chi connectivity index (χ1v) is 5.23. The topological polar surface area (TPSA) is 84.3 Å². The Labute approximate surface area is 92.5 Å². The number of rotatable bonds is 5. The van der Waals surface area contributed by atoms with Crippen LogP contribution in [-0.4, -0.2) is 20.8 Å². The molecule has 0 radical (unpaired) electrons. The predicted molar refractivity (Wildman–Crippen MR) is 58.0 cm³/mol. The number of hydrogen-bond acceptors (Lipinski definition) is 4. The predicted octanol–water partition coefficient (Wildman–Crippen LogP) is 0.190. The third-order valence-electron chi connectivity index (χ3n) is 2.31. The van der Waals surface area contributed by atoms with E-state index in [1.54, 1.807) is 0 Å². The molecule has 0 spiro atoms. The summed E-state index contributed by atoms with van der Waals surface area (Å²) in [7, 11) is 0. The van der Waals surface area contributed by atoms with Crippen LogP contribution in [0.3, 0.4) is 0 Å². The molecule has 0 aromatic carbocycles. The summed E-state index contributed by atoms with van der Waals surface area (Å²) in [5, 5.41) is 9.64. The summed E-state index contributed by atoms with van der Waals surface area (Å²) in [5.74, 6) is 0. The van der Waals surface area contributed by atoms with E-state index < -0.39 is 17.7 Å². The highest BCUT2D eigenvalue weighted by Gasteiger charge is 2.13. The van der Waals surface area contributed by atoms with Crippen LogP contribution in [0.4, 0.5) is 0 Å². The van der Waals surface area contributed by atoms with Crippen molar-refractivity contribution in [2.75, 3.05) is 0 Å². The molecule has 1 aromatic rings. The number of nitrogens with zero attached hydrogens (tertiary/aromatic N) is 1. The van der Waals surface area contributed by atoms with Gasteiger partial charge < -0.3 is 9.84 Å². The molecule has 0 saturated carbocycles. The summed E-state index contributed by atoms with van der Waals surface area (Å²) < 4.78 is 6.18. The van der Waals surface area contributed by atoms with Crippen molar-refractivity contribution in [1.82, 2.24) is 9.55 Å². The molecule has 0 aliphatic carbocycles. The Kier molecular flexibility index (Phi) is 4.45. The molecule has 1 aromatic heterocycles. The van der Waals surface area contributed by atoms with Crippen molar-refractivity contribution in [3.05, 3.63) is 33.1 Å². The Bertz CT molecular complexity index is 433. The van der Waals surface area contributed by atoms with Crippen LogP contribution in [0.2, 0.25) is 0 Å². The highest BCUT2D eigenvalue weighted by molar-refractivity contribution is 4.82. The maximum Gasteiger partial charge on any atom is 0.332 e. The summed E-state index contributed by atoms with van der Waals surface area (Å²) in [6, 6.07) is 1.15. The van der Waals surface area contributed by atoms with E-state index in [0.717, 1.165) is 23.5 Å². The Hall–Kier alpha value is -1.40. The van der Waals surface area contributed by atoms with Crippen molar-refractivity contribution < 1.29 is 9.84 Å². The summed E-state index contributed by atoms with van der Waals surface area (Å²) in [6.45, 7) is 3.85. The second kappa shape index (κ2) is 5.62. The number of nitrogens with one attached hydrogen (secondary N) is 1. The summed E-state index contributed by atoms with van der Waals surface area (Å²) in [5.41, 5.74) is -1.19. The standard InChI is InChI=1S/C10H16N2O4/c1-3-7(4-2)16-10(15)12-6-5-8(13)11-9(12)14/h5-7,10,15H,3-4H2,1-2H3,(H,11,13,14)/t10-/m0/s1. The van der Waals surface area contributed by atoms with Gasteiger partial charge in [0.25, 0.3) is 5.56 Å². The first-order chi connectivity index (χ1) is 7.58. The SMILES string of the molecule is CCC(CC)O[C@H](O)n1ccc(=O)[nH]c1=O. The molecule has 0 aliphatic rings. The minimum atomic E-state index is -1.37. The lowest BCUT2D eigenvalue weighted by atomic mass is 10.2. The van der Waals surface area contributed by atoms with Crippen LogP contribution >= 0.6 is 0 Å². The number of H-pyrrole nitrogens is 1. The van der Waals surface area contributed by atoms with Crippen LogP contribution < -0.4 is 11.2 Å². The van der Waals surface area contributed by atoms with E-state index in [1.165, 1.54) is 6.20 Å². The number of ether oxygens (including phenoxy) is 1.